The fourth-order valence-electron chi connectivity index (χ4n) is 2.92. The van der Waals surface area contributed by atoms with Crippen LogP contribution in [-0.4, -0.2) is 46.2 Å². The number of carbonyl (C=O) groups is 3. The summed E-state index contributed by atoms with van der Waals surface area (Å²) in [5, 5.41) is 13.0. The number of aryl methyl sites for hydroxylation is 1. The van der Waals surface area contributed by atoms with E-state index >= 15 is 0 Å². The maximum atomic E-state index is 12.3. The molecule has 0 bridgehead atoms. The van der Waals surface area contributed by atoms with Crippen molar-refractivity contribution >= 4 is 41.2 Å². The monoisotopic (exact) mass is 397 g/mol. The van der Waals surface area contributed by atoms with Crippen LogP contribution < -0.4 is 11.1 Å². The quantitative estimate of drug-likeness (QED) is 0.542. The van der Waals surface area contributed by atoms with Crippen molar-refractivity contribution < 1.29 is 24.2 Å². The number of rotatable bonds is 9. The van der Waals surface area contributed by atoms with Crippen molar-refractivity contribution in [1.82, 2.24) is 9.88 Å². The van der Waals surface area contributed by atoms with Crippen molar-refractivity contribution in [3.05, 3.63) is 36.0 Å². The first-order chi connectivity index (χ1) is 12.3. The van der Waals surface area contributed by atoms with Crippen LogP contribution in [0, 0.1) is 0 Å². The van der Waals surface area contributed by atoms with E-state index in [4.69, 9.17) is 10.5 Å². The maximum Gasteiger partial charge on any atom is 0.323 e. The number of benzene rings is 1. The lowest BCUT2D eigenvalue weighted by atomic mass is 10.0. The number of nitrogens with two attached hydrogens (primary N) is 1. The number of aromatic nitrogens is 1. The number of amides is 1. The molecule has 148 valence electrons. The second-order valence-corrected chi connectivity index (χ2v) is 6.02. The largest absolute Gasteiger partial charge is 0.480 e. The van der Waals surface area contributed by atoms with Gasteiger partial charge < -0.3 is 20.1 Å². The number of carboxylic acids is 1. The molecule has 0 saturated heterocycles. The second-order valence-electron chi connectivity index (χ2n) is 6.02. The Morgan fingerprint density at radius 1 is 1.26 bits per heavy atom. The number of esters is 1. The lowest BCUT2D eigenvalue weighted by Gasteiger charge is -2.21. The van der Waals surface area contributed by atoms with E-state index in [0.29, 0.717) is 0 Å². The summed E-state index contributed by atoms with van der Waals surface area (Å²) in [6.45, 7) is 1.84. The van der Waals surface area contributed by atoms with Gasteiger partial charge in [-0.3, -0.25) is 19.7 Å². The first-order valence-corrected chi connectivity index (χ1v) is 8.30. The number of halogens is 1. The zero-order valence-electron chi connectivity index (χ0n) is 15.2. The molecule has 9 heteroatoms. The number of nitrogens with zero attached hydrogens (tertiary/aromatic N) is 1. The predicted molar refractivity (Wildman–Crippen MR) is 103 cm³/mol. The molecule has 1 heterocycles. The highest BCUT2D eigenvalue weighted by Crippen LogP contribution is 2.22. The summed E-state index contributed by atoms with van der Waals surface area (Å²) in [7, 11) is 1.89. The van der Waals surface area contributed by atoms with Gasteiger partial charge in [0.1, 0.15) is 12.1 Å². The van der Waals surface area contributed by atoms with E-state index in [2.05, 4.69) is 5.32 Å². The lowest BCUT2D eigenvalue weighted by Crippen LogP contribution is -2.50. The number of aliphatic carboxylic acids is 1. The van der Waals surface area contributed by atoms with Gasteiger partial charge in [-0.2, -0.15) is 0 Å². The van der Waals surface area contributed by atoms with Crippen LogP contribution in [0.5, 0.6) is 0 Å². The van der Waals surface area contributed by atoms with E-state index in [-0.39, 0.29) is 25.4 Å². The zero-order valence-corrected chi connectivity index (χ0v) is 16.0. The molecule has 0 radical (unpaired) electrons. The molecular weight excluding hydrogens is 374 g/mol. The number of carbonyl (C=O) groups excluding carboxylic acids is 2. The summed E-state index contributed by atoms with van der Waals surface area (Å²) in [6.07, 6.45) is 1.70. The van der Waals surface area contributed by atoms with Gasteiger partial charge in [-0.1, -0.05) is 18.2 Å². The van der Waals surface area contributed by atoms with Gasteiger partial charge in [0.2, 0.25) is 5.91 Å². The summed E-state index contributed by atoms with van der Waals surface area (Å²) >= 11 is 0. The topological polar surface area (TPSA) is 124 Å². The van der Waals surface area contributed by atoms with Crippen LogP contribution in [-0.2, 0) is 32.6 Å². The fourth-order valence-corrected chi connectivity index (χ4v) is 2.92. The summed E-state index contributed by atoms with van der Waals surface area (Å²) in [5.74, 6) is -2.59. The molecule has 2 rings (SSSR count). The molecule has 1 amide bonds. The summed E-state index contributed by atoms with van der Waals surface area (Å²) < 4.78 is 7.00. The highest BCUT2D eigenvalue weighted by Gasteiger charge is 2.29. The van der Waals surface area contributed by atoms with E-state index in [0.717, 1.165) is 16.5 Å². The van der Waals surface area contributed by atoms with Crippen LogP contribution >= 0.6 is 12.4 Å². The first-order valence-electron chi connectivity index (χ1n) is 8.30. The molecule has 0 spiro atoms. The molecule has 0 aliphatic heterocycles. The molecule has 1 aromatic carbocycles. The average Bonchev–Trinajstić information content (AvgIpc) is 2.89. The van der Waals surface area contributed by atoms with E-state index < -0.39 is 36.4 Å². The van der Waals surface area contributed by atoms with E-state index in [1.807, 2.05) is 42.1 Å². The number of hydrogen-bond donors (Lipinski definition) is 3. The molecule has 4 N–H and O–H groups in total. The van der Waals surface area contributed by atoms with Crippen LogP contribution in [0.1, 0.15) is 18.9 Å². The molecule has 0 unspecified atom stereocenters. The molecule has 27 heavy (non-hydrogen) atoms. The highest BCUT2D eigenvalue weighted by atomic mass is 35.5. The normalized spacial score (nSPS) is 12.8. The number of nitrogens with one attached hydrogen (secondary N) is 1. The molecule has 8 nitrogen and oxygen atoms in total. The van der Waals surface area contributed by atoms with Crippen molar-refractivity contribution in [2.75, 3.05) is 6.61 Å². The van der Waals surface area contributed by atoms with Crippen molar-refractivity contribution in [2.24, 2.45) is 12.8 Å². The highest BCUT2D eigenvalue weighted by molar-refractivity contribution is 5.87. The third-order valence-corrected chi connectivity index (χ3v) is 4.08. The minimum Gasteiger partial charge on any atom is -0.480 e. The first kappa shape index (κ1) is 22.5. The Morgan fingerprint density at radius 2 is 1.93 bits per heavy atom. The summed E-state index contributed by atoms with van der Waals surface area (Å²) in [6, 6.07) is 5.52. The van der Waals surface area contributed by atoms with Gasteiger partial charge in [0.15, 0.2) is 0 Å². The molecule has 1 aromatic heterocycles. The summed E-state index contributed by atoms with van der Waals surface area (Å²) in [4.78, 5) is 34.9. The smallest absolute Gasteiger partial charge is 0.323 e. The maximum absolute atomic E-state index is 12.3. The molecule has 2 aromatic rings. The van der Waals surface area contributed by atoms with Gasteiger partial charge in [-0.25, -0.2) is 0 Å². The van der Waals surface area contributed by atoms with Crippen LogP contribution in [0.4, 0.5) is 0 Å². The minimum atomic E-state index is -1.27. The Kier molecular flexibility index (Phi) is 8.27. The molecule has 0 aliphatic rings. The van der Waals surface area contributed by atoms with Crippen LogP contribution in [0.2, 0.25) is 0 Å². The van der Waals surface area contributed by atoms with Gasteiger partial charge in [-0.15, -0.1) is 12.4 Å². The van der Waals surface area contributed by atoms with Crippen LogP contribution in [0.3, 0.4) is 0 Å². The number of para-hydroxylation sites is 1. The predicted octanol–water partition coefficient (Wildman–Crippen LogP) is 0.993. The number of ether oxygens (including phenoxy) is 1. The Hall–Kier alpha value is -2.58. The van der Waals surface area contributed by atoms with Crippen molar-refractivity contribution in [1.29, 1.82) is 0 Å². The van der Waals surface area contributed by atoms with Gasteiger partial charge in [-0.05, 0) is 18.6 Å². The fraction of sp³-hybridized carbons (Fsp3) is 0.389. The van der Waals surface area contributed by atoms with E-state index in [9.17, 15) is 19.5 Å². The summed E-state index contributed by atoms with van der Waals surface area (Å²) in [5.41, 5.74) is 6.98. The lowest BCUT2D eigenvalue weighted by molar-refractivity contribution is -0.147. The Labute approximate surface area is 163 Å². The Bertz CT molecular complexity index is 820. The van der Waals surface area contributed by atoms with Crippen molar-refractivity contribution in [2.45, 2.75) is 31.8 Å². The number of primary amides is 1. The van der Waals surface area contributed by atoms with Gasteiger partial charge in [0.05, 0.1) is 13.0 Å². The Morgan fingerprint density at radius 3 is 2.52 bits per heavy atom. The van der Waals surface area contributed by atoms with Gasteiger partial charge >= 0.3 is 11.9 Å². The molecule has 0 saturated carbocycles. The Balaban J connectivity index is 0.00000364. The third-order valence-electron chi connectivity index (χ3n) is 4.08. The minimum absolute atomic E-state index is 0. The van der Waals surface area contributed by atoms with Crippen molar-refractivity contribution in [3.8, 4) is 0 Å². The SMILES string of the molecule is CCOC(=O)[C@@H](Cc1cn(C)c2ccccc12)N[C@@H](CC(N)=O)C(=O)O.Cl. The number of hydrogen-bond acceptors (Lipinski definition) is 5. The van der Waals surface area contributed by atoms with E-state index in [1.165, 1.54) is 0 Å². The molecule has 0 aliphatic carbocycles. The van der Waals surface area contributed by atoms with Crippen LogP contribution in [0.25, 0.3) is 10.9 Å². The van der Waals surface area contributed by atoms with Gasteiger partial charge in [0, 0.05) is 30.6 Å². The molecule has 2 atom stereocenters. The third kappa shape index (κ3) is 5.70. The van der Waals surface area contributed by atoms with Gasteiger partial charge in [0.25, 0.3) is 0 Å². The van der Waals surface area contributed by atoms with Crippen LogP contribution in [0.15, 0.2) is 30.5 Å². The standard InChI is InChI=1S/C18H23N3O5.ClH/c1-3-26-18(25)14(20-13(17(23)24)9-16(19)22)8-11-10-21(2)15-7-5-4-6-12(11)15;/h4-7,10,13-14,20H,3,8-9H2,1-2H3,(H2,19,22)(H,23,24);1H/t13-,14+;/m0./s1. The molecular formula is C18H24ClN3O5. The van der Waals surface area contributed by atoms with E-state index in [1.54, 1.807) is 6.92 Å². The zero-order chi connectivity index (χ0) is 19.3. The average molecular weight is 398 g/mol. The number of carboxylic acid groups (broad SMARTS) is 1. The second kappa shape index (κ2) is 9.94. The molecule has 0 fully saturated rings. The van der Waals surface area contributed by atoms with Crippen molar-refractivity contribution in [3.63, 3.8) is 0 Å². The number of fused-ring (bicyclic) bond motifs is 1.